The molecule has 0 spiro atoms. The second-order valence-electron chi connectivity index (χ2n) is 22.4. The van der Waals surface area contributed by atoms with Gasteiger partial charge in [-0.05, 0) is 37.0 Å². The summed E-state index contributed by atoms with van der Waals surface area (Å²) in [6.07, 6.45) is 42.0. The molecule has 0 bridgehead atoms. The molecule has 0 aliphatic carbocycles. The van der Waals surface area contributed by atoms with Crippen LogP contribution in [0.4, 0.5) is 0 Å². The third-order valence-electron chi connectivity index (χ3n) is 13.7. The topological polar surface area (TPSA) is 150 Å². The average molecular weight is 992 g/mol. The van der Waals surface area contributed by atoms with E-state index in [0.717, 1.165) is 94.8 Å². The van der Waals surface area contributed by atoms with Gasteiger partial charge in [-0.15, -0.1) is 0 Å². The minimum atomic E-state index is -2.88. The maximum Gasteiger partial charge on any atom is 0.346 e. The van der Waals surface area contributed by atoms with Crippen molar-refractivity contribution in [2.75, 3.05) is 0 Å². The Kier molecular flexibility index (Phi) is 45.6. The van der Waals surface area contributed by atoms with Crippen LogP contribution in [0.5, 0.6) is 0 Å². The van der Waals surface area contributed by atoms with Crippen LogP contribution in [0.1, 0.15) is 324 Å². The number of esters is 6. The molecule has 10 nitrogen and oxygen atoms in total. The van der Waals surface area contributed by atoms with E-state index in [1.807, 2.05) is 0 Å². The van der Waals surface area contributed by atoms with Gasteiger partial charge >= 0.3 is 35.8 Å². The molecule has 0 aliphatic heterocycles. The number of hydrogen-bond donors (Lipinski definition) is 1. The van der Waals surface area contributed by atoms with Gasteiger partial charge in [0.25, 0.3) is 0 Å². The second-order valence-corrected chi connectivity index (χ2v) is 22.4. The maximum absolute atomic E-state index is 13.3. The van der Waals surface area contributed by atoms with Crippen molar-refractivity contribution in [2.45, 2.75) is 330 Å². The third kappa shape index (κ3) is 46.5. The molecule has 0 saturated carbocycles. The minimum absolute atomic E-state index is 0.0160. The van der Waals surface area contributed by atoms with Crippen molar-refractivity contribution in [3.05, 3.63) is 0 Å². The summed E-state index contributed by atoms with van der Waals surface area (Å²) >= 11 is 0. The molecule has 0 saturated heterocycles. The molecule has 0 unspecified atom stereocenters. The quantitative estimate of drug-likeness (QED) is 0.0270. The molecule has 1 N–H and O–H groups in total. The Hall–Kier alpha value is -2.62. The molecule has 0 atom stereocenters. The Morgan fingerprint density at radius 3 is 0.686 bits per heavy atom. The molecule has 70 heavy (non-hydrogen) atoms. The number of carbonyl (C=O) groups excluding carboxylic acids is 6. The fraction of sp³-hybridized carbons (Fsp3) is 0.900. The highest BCUT2D eigenvalue weighted by Gasteiger charge is 2.45. The number of carbonyl (C=O) groups is 6. The van der Waals surface area contributed by atoms with E-state index in [4.69, 9.17) is 14.2 Å². The van der Waals surface area contributed by atoms with E-state index in [2.05, 4.69) is 41.5 Å². The first kappa shape index (κ1) is 67.4. The lowest BCUT2D eigenvalue weighted by atomic mass is 9.95. The van der Waals surface area contributed by atoms with Gasteiger partial charge in [0.2, 0.25) is 0 Å². The first-order valence-corrected chi connectivity index (χ1v) is 29.6. The average Bonchev–Trinajstić information content (AvgIpc) is 3.28. The van der Waals surface area contributed by atoms with Crippen molar-refractivity contribution in [3.8, 4) is 0 Å². The fourth-order valence-corrected chi connectivity index (χ4v) is 9.13. The zero-order valence-electron chi connectivity index (χ0n) is 46.5. The highest BCUT2D eigenvalue weighted by atomic mass is 16.6. The zero-order chi connectivity index (χ0) is 51.9. The van der Waals surface area contributed by atoms with Crippen molar-refractivity contribution < 1.29 is 48.1 Å². The summed E-state index contributed by atoms with van der Waals surface area (Å²) < 4.78 is 14.8. The van der Waals surface area contributed by atoms with Gasteiger partial charge in [-0.25, -0.2) is 4.79 Å². The van der Waals surface area contributed by atoms with E-state index in [0.29, 0.717) is 19.3 Å². The lowest BCUT2D eigenvalue weighted by Gasteiger charge is -2.23. The minimum Gasteiger partial charge on any atom is -0.393 e. The van der Waals surface area contributed by atoms with Crippen LogP contribution < -0.4 is 0 Å². The van der Waals surface area contributed by atoms with Crippen LogP contribution in [-0.4, -0.2) is 46.5 Å². The summed E-state index contributed by atoms with van der Waals surface area (Å²) in [7, 11) is 0. The third-order valence-corrected chi connectivity index (χ3v) is 13.7. The number of aliphatic hydroxyl groups is 1. The van der Waals surface area contributed by atoms with E-state index in [9.17, 15) is 33.9 Å². The summed E-state index contributed by atoms with van der Waals surface area (Å²) in [5.74, 6) is -4.15. The normalized spacial score (nSPS) is 11.7. The Morgan fingerprint density at radius 1 is 0.286 bits per heavy atom. The SMILES string of the molecule is CC(C)CCCCCCCCCCCCCCC(=O)OC(=O)CC(O)(CC(=O)OC(=O)CCCCCCCCCCCCCCC(C)C)C(=O)OC(=O)CCCCCCCCCCCCCCC(C)C. The lowest BCUT2D eigenvalue weighted by molar-refractivity contribution is -0.184. The van der Waals surface area contributed by atoms with Crippen molar-refractivity contribution in [2.24, 2.45) is 17.8 Å². The molecule has 0 aromatic carbocycles. The highest BCUT2D eigenvalue weighted by Crippen LogP contribution is 2.23. The molecular formula is C60H110O10. The molecule has 0 radical (unpaired) electrons. The van der Waals surface area contributed by atoms with Gasteiger partial charge < -0.3 is 19.3 Å². The van der Waals surface area contributed by atoms with Crippen molar-refractivity contribution in [1.29, 1.82) is 0 Å². The van der Waals surface area contributed by atoms with Crippen LogP contribution in [0.25, 0.3) is 0 Å². The van der Waals surface area contributed by atoms with Gasteiger partial charge in [-0.1, -0.05) is 273 Å². The Bertz CT molecular complexity index is 1240. The van der Waals surface area contributed by atoms with Gasteiger partial charge in [-0.3, -0.25) is 24.0 Å². The zero-order valence-corrected chi connectivity index (χ0v) is 46.5. The van der Waals surface area contributed by atoms with Gasteiger partial charge in [0.05, 0.1) is 12.8 Å². The van der Waals surface area contributed by atoms with Crippen LogP contribution in [0.2, 0.25) is 0 Å². The van der Waals surface area contributed by atoms with Crippen molar-refractivity contribution in [1.82, 2.24) is 0 Å². The van der Waals surface area contributed by atoms with Crippen LogP contribution in [0.3, 0.4) is 0 Å². The van der Waals surface area contributed by atoms with Crippen LogP contribution in [0.15, 0.2) is 0 Å². The summed E-state index contributed by atoms with van der Waals surface area (Å²) in [6.45, 7) is 13.7. The van der Waals surface area contributed by atoms with Gasteiger partial charge in [0, 0.05) is 19.3 Å². The summed E-state index contributed by atoms with van der Waals surface area (Å²) in [4.78, 5) is 76.9. The standard InChI is InChI=1S/C60H110O10/c1-51(2)43-37-31-25-19-13-7-10-16-22-28-34-40-46-54(61)68-57(64)49-60(67,59(66)70-56(63)48-42-36-30-24-18-12-9-15-21-27-33-39-45-53(5)6)50-58(65)69-55(62)47-41-35-29-23-17-11-8-14-20-26-32-38-44-52(3)4/h51-53,67H,7-50H2,1-6H3. The Morgan fingerprint density at radius 2 is 0.471 bits per heavy atom. The molecule has 0 aromatic heterocycles. The van der Waals surface area contributed by atoms with Crippen LogP contribution in [0, 0.1) is 17.8 Å². The molecule has 0 heterocycles. The molecule has 0 aromatic rings. The fourth-order valence-electron chi connectivity index (χ4n) is 9.13. The monoisotopic (exact) mass is 991 g/mol. The second kappa shape index (κ2) is 47.4. The van der Waals surface area contributed by atoms with Gasteiger partial charge in [0.1, 0.15) is 0 Å². The Labute approximate surface area is 429 Å². The summed E-state index contributed by atoms with van der Waals surface area (Å²) in [5.41, 5.74) is -2.88. The molecular weight excluding hydrogens is 881 g/mol. The predicted molar refractivity (Wildman–Crippen MR) is 286 cm³/mol. The molecule has 10 heteroatoms. The largest absolute Gasteiger partial charge is 0.393 e. The first-order chi connectivity index (χ1) is 33.6. The predicted octanol–water partition coefficient (Wildman–Crippen LogP) is 17.1. The molecule has 410 valence electrons. The number of hydrogen-bond acceptors (Lipinski definition) is 10. The van der Waals surface area contributed by atoms with E-state index < -0.39 is 54.3 Å². The van der Waals surface area contributed by atoms with E-state index in [-0.39, 0.29) is 19.3 Å². The number of ether oxygens (including phenoxy) is 3. The molecule has 0 aliphatic rings. The smallest absolute Gasteiger partial charge is 0.346 e. The van der Waals surface area contributed by atoms with Gasteiger partial charge in [0.15, 0.2) is 5.60 Å². The number of rotatable bonds is 50. The molecule has 0 fully saturated rings. The van der Waals surface area contributed by atoms with Crippen molar-refractivity contribution in [3.63, 3.8) is 0 Å². The summed E-state index contributed by atoms with van der Waals surface area (Å²) in [5, 5.41) is 11.4. The van der Waals surface area contributed by atoms with Crippen LogP contribution in [-0.2, 0) is 43.0 Å². The lowest BCUT2D eigenvalue weighted by Crippen LogP contribution is -2.46. The first-order valence-electron chi connectivity index (χ1n) is 29.6. The maximum atomic E-state index is 13.3. The summed E-state index contributed by atoms with van der Waals surface area (Å²) in [6, 6.07) is 0. The van der Waals surface area contributed by atoms with E-state index in [1.165, 1.54) is 154 Å². The molecule has 0 amide bonds. The van der Waals surface area contributed by atoms with E-state index >= 15 is 0 Å². The van der Waals surface area contributed by atoms with Crippen molar-refractivity contribution >= 4 is 35.8 Å². The van der Waals surface area contributed by atoms with Crippen LogP contribution >= 0.6 is 0 Å². The Balaban J connectivity index is 4.77. The van der Waals surface area contributed by atoms with E-state index in [1.54, 1.807) is 0 Å². The highest BCUT2D eigenvalue weighted by molar-refractivity contribution is 5.98. The molecule has 0 rings (SSSR count). The van der Waals surface area contributed by atoms with Gasteiger partial charge in [-0.2, -0.15) is 0 Å². The number of unbranched alkanes of at least 4 members (excludes halogenated alkanes) is 33.